The molecule has 2 atom stereocenters. The van der Waals surface area contributed by atoms with Crippen LogP contribution in [-0.2, 0) is 9.53 Å². The molecular formula is C11H21N3O3. The Balaban J connectivity index is 2.36. The van der Waals surface area contributed by atoms with Crippen LogP contribution in [0.5, 0.6) is 0 Å². The number of hydrogen-bond acceptors (Lipinski definition) is 4. The fourth-order valence-electron chi connectivity index (χ4n) is 1.90. The van der Waals surface area contributed by atoms with Crippen molar-refractivity contribution in [2.45, 2.75) is 38.7 Å². The SMILES string of the molecule is CCC(C(=O)NCC1CCCCO1)C(N)=NO. The van der Waals surface area contributed by atoms with Crippen LogP contribution in [0.4, 0.5) is 0 Å². The predicted octanol–water partition coefficient (Wildman–Crippen LogP) is 0.444. The summed E-state index contributed by atoms with van der Waals surface area (Å²) in [4.78, 5) is 11.8. The Morgan fingerprint density at radius 2 is 2.41 bits per heavy atom. The number of rotatable bonds is 5. The summed E-state index contributed by atoms with van der Waals surface area (Å²) in [6, 6.07) is 0. The molecule has 0 saturated carbocycles. The molecule has 0 bridgehead atoms. The lowest BCUT2D eigenvalue weighted by Gasteiger charge is -2.23. The fraction of sp³-hybridized carbons (Fsp3) is 0.818. The number of carbonyl (C=O) groups is 1. The third kappa shape index (κ3) is 4.22. The molecule has 6 nitrogen and oxygen atoms in total. The van der Waals surface area contributed by atoms with E-state index in [4.69, 9.17) is 15.7 Å². The zero-order valence-electron chi connectivity index (χ0n) is 10.2. The zero-order chi connectivity index (χ0) is 12.7. The van der Waals surface area contributed by atoms with Crippen LogP contribution in [0.25, 0.3) is 0 Å². The molecule has 0 spiro atoms. The highest BCUT2D eigenvalue weighted by Gasteiger charge is 2.22. The van der Waals surface area contributed by atoms with Crippen molar-refractivity contribution in [3.05, 3.63) is 0 Å². The summed E-state index contributed by atoms with van der Waals surface area (Å²) >= 11 is 0. The minimum absolute atomic E-state index is 0.0467. The number of oxime groups is 1. The van der Waals surface area contributed by atoms with E-state index in [1.807, 2.05) is 6.92 Å². The van der Waals surface area contributed by atoms with Crippen molar-refractivity contribution in [1.82, 2.24) is 5.32 Å². The number of nitrogens with one attached hydrogen (secondary N) is 1. The number of nitrogens with zero attached hydrogens (tertiary/aromatic N) is 1. The third-order valence-electron chi connectivity index (χ3n) is 2.98. The van der Waals surface area contributed by atoms with Gasteiger partial charge in [0.15, 0.2) is 5.84 Å². The van der Waals surface area contributed by atoms with E-state index in [-0.39, 0.29) is 17.8 Å². The van der Waals surface area contributed by atoms with Crippen molar-refractivity contribution in [2.24, 2.45) is 16.8 Å². The van der Waals surface area contributed by atoms with E-state index in [2.05, 4.69) is 10.5 Å². The summed E-state index contributed by atoms with van der Waals surface area (Å²) in [5.74, 6) is -0.824. The smallest absolute Gasteiger partial charge is 0.230 e. The minimum atomic E-state index is -0.566. The van der Waals surface area contributed by atoms with Crippen molar-refractivity contribution in [3.8, 4) is 0 Å². The summed E-state index contributed by atoms with van der Waals surface area (Å²) in [6.07, 6.45) is 3.80. The molecule has 17 heavy (non-hydrogen) atoms. The quantitative estimate of drug-likeness (QED) is 0.282. The molecule has 98 valence electrons. The van der Waals surface area contributed by atoms with Crippen LogP contribution in [0.3, 0.4) is 0 Å². The van der Waals surface area contributed by atoms with Crippen LogP contribution >= 0.6 is 0 Å². The van der Waals surface area contributed by atoms with Crippen LogP contribution in [0, 0.1) is 5.92 Å². The number of amides is 1. The Morgan fingerprint density at radius 1 is 1.65 bits per heavy atom. The van der Waals surface area contributed by atoms with Crippen molar-refractivity contribution in [2.75, 3.05) is 13.2 Å². The number of ether oxygens (including phenoxy) is 1. The molecule has 4 N–H and O–H groups in total. The number of hydrogen-bond donors (Lipinski definition) is 3. The molecule has 0 aromatic rings. The number of carbonyl (C=O) groups excluding carboxylic acids is 1. The normalized spacial score (nSPS) is 23.1. The molecule has 6 heteroatoms. The molecule has 0 radical (unpaired) electrons. The Labute approximate surface area is 101 Å². The van der Waals surface area contributed by atoms with Gasteiger partial charge in [-0.2, -0.15) is 0 Å². The van der Waals surface area contributed by atoms with Gasteiger partial charge in [0, 0.05) is 13.2 Å². The first kappa shape index (κ1) is 13.8. The largest absolute Gasteiger partial charge is 0.409 e. The van der Waals surface area contributed by atoms with Crippen molar-refractivity contribution in [3.63, 3.8) is 0 Å². The molecule has 1 aliphatic rings. The number of nitrogens with two attached hydrogens (primary N) is 1. The summed E-state index contributed by atoms with van der Waals surface area (Å²) in [7, 11) is 0. The van der Waals surface area contributed by atoms with E-state index >= 15 is 0 Å². The first-order valence-corrected chi connectivity index (χ1v) is 6.05. The average Bonchev–Trinajstić information content (AvgIpc) is 2.38. The first-order chi connectivity index (χ1) is 8.19. The standard InChI is InChI=1S/C11H21N3O3/c1-2-9(10(12)14-16)11(15)13-7-8-5-3-4-6-17-8/h8-9,16H,2-7H2,1H3,(H2,12,14)(H,13,15). The second-order valence-electron chi connectivity index (χ2n) is 4.22. The Hall–Kier alpha value is -1.30. The molecule has 0 aromatic carbocycles. The van der Waals surface area contributed by atoms with E-state index in [9.17, 15) is 4.79 Å². The van der Waals surface area contributed by atoms with Gasteiger partial charge in [-0.15, -0.1) is 0 Å². The molecule has 0 aromatic heterocycles. The van der Waals surface area contributed by atoms with Gasteiger partial charge in [0.1, 0.15) is 0 Å². The average molecular weight is 243 g/mol. The fourth-order valence-corrected chi connectivity index (χ4v) is 1.90. The van der Waals surface area contributed by atoms with Gasteiger partial charge < -0.3 is 21.0 Å². The lowest BCUT2D eigenvalue weighted by atomic mass is 10.0. The molecule has 1 rings (SSSR count). The van der Waals surface area contributed by atoms with Gasteiger partial charge in [0.2, 0.25) is 5.91 Å². The lowest BCUT2D eigenvalue weighted by Crippen LogP contribution is -2.42. The van der Waals surface area contributed by atoms with Crippen molar-refractivity contribution < 1.29 is 14.7 Å². The highest BCUT2D eigenvalue weighted by Crippen LogP contribution is 2.12. The van der Waals surface area contributed by atoms with Crippen LogP contribution in [0.15, 0.2) is 5.16 Å². The summed E-state index contributed by atoms with van der Waals surface area (Å²) in [6.45, 7) is 3.07. The third-order valence-corrected chi connectivity index (χ3v) is 2.98. The van der Waals surface area contributed by atoms with E-state index in [0.29, 0.717) is 13.0 Å². The lowest BCUT2D eigenvalue weighted by molar-refractivity contribution is -0.124. The highest BCUT2D eigenvalue weighted by atomic mass is 16.5. The van der Waals surface area contributed by atoms with E-state index < -0.39 is 5.92 Å². The molecule has 1 aliphatic heterocycles. The Bertz CT molecular complexity index is 275. The van der Waals surface area contributed by atoms with Crippen LogP contribution in [0.1, 0.15) is 32.6 Å². The molecule has 1 saturated heterocycles. The Morgan fingerprint density at radius 3 is 2.94 bits per heavy atom. The Kier molecular flexibility index (Phi) is 5.76. The van der Waals surface area contributed by atoms with Crippen molar-refractivity contribution in [1.29, 1.82) is 0 Å². The van der Waals surface area contributed by atoms with Crippen LogP contribution < -0.4 is 11.1 Å². The van der Waals surface area contributed by atoms with Gasteiger partial charge in [0.25, 0.3) is 0 Å². The molecule has 0 aliphatic carbocycles. The summed E-state index contributed by atoms with van der Waals surface area (Å²) < 4.78 is 5.50. The minimum Gasteiger partial charge on any atom is -0.409 e. The number of amidine groups is 1. The molecule has 1 amide bonds. The van der Waals surface area contributed by atoms with Gasteiger partial charge in [-0.3, -0.25) is 4.79 Å². The van der Waals surface area contributed by atoms with E-state index in [1.165, 1.54) is 0 Å². The first-order valence-electron chi connectivity index (χ1n) is 6.05. The maximum atomic E-state index is 11.8. The van der Waals surface area contributed by atoms with Gasteiger partial charge >= 0.3 is 0 Å². The maximum Gasteiger partial charge on any atom is 0.230 e. The molecule has 2 unspecified atom stereocenters. The van der Waals surface area contributed by atoms with Gasteiger partial charge in [-0.05, 0) is 25.7 Å². The molecule has 1 heterocycles. The monoisotopic (exact) mass is 243 g/mol. The van der Waals surface area contributed by atoms with E-state index in [1.54, 1.807) is 0 Å². The van der Waals surface area contributed by atoms with E-state index in [0.717, 1.165) is 25.9 Å². The van der Waals surface area contributed by atoms with Crippen LogP contribution in [-0.4, -0.2) is 36.2 Å². The molecular weight excluding hydrogens is 222 g/mol. The topological polar surface area (TPSA) is 96.9 Å². The van der Waals surface area contributed by atoms with Gasteiger partial charge in [-0.25, -0.2) is 0 Å². The molecule has 1 fully saturated rings. The van der Waals surface area contributed by atoms with Gasteiger partial charge in [-0.1, -0.05) is 12.1 Å². The van der Waals surface area contributed by atoms with Gasteiger partial charge in [0.05, 0.1) is 12.0 Å². The summed E-state index contributed by atoms with van der Waals surface area (Å²) in [5, 5.41) is 14.2. The maximum absolute atomic E-state index is 11.8. The summed E-state index contributed by atoms with van der Waals surface area (Å²) in [5.41, 5.74) is 5.45. The van der Waals surface area contributed by atoms with Crippen molar-refractivity contribution >= 4 is 11.7 Å². The second kappa shape index (κ2) is 7.11. The zero-order valence-corrected chi connectivity index (χ0v) is 10.2. The highest BCUT2D eigenvalue weighted by molar-refractivity contribution is 6.01. The van der Waals surface area contributed by atoms with Crippen LogP contribution in [0.2, 0.25) is 0 Å². The second-order valence-corrected chi connectivity index (χ2v) is 4.22. The predicted molar refractivity (Wildman–Crippen MR) is 63.8 cm³/mol.